The van der Waals surface area contributed by atoms with Crippen LogP contribution in [-0.2, 0) is 25.6 Å². The number of methoxy groups -OCH3 is 1. The van der Waals surface area contributed by atoms with Gasteiger partial charge in [0, 0.05) is 19.5 Å². The molecule has 0 bridgehead atoms. The standard InChI is InChI=1S/C26H32N2O5/c1-3-23(29)28(20-21-14-8-6-9-15-21)24(22-16-10-7-11-17-22)25(30)27-18-12-4-5-13-19-33-26(31)32-2/h5-11,13-17,24H,3-4,12,18-20H2,1-2H3,(H,27,30)/b13-5+. The molecule has 2 aromatic carbocycles. The lowest BCUT2D eigenvalue weighted by Crippen LogP contribution is -2.43. The molecule has 0 saturated heterocycles. The lowest BCUT2D eigenvalue weighted by Gasteiger charge is -2.31. The molecule has 0 fully saturated rings. The lowest BCUT2D eigenvalue weighted by molar-refractivity contribution is -0.141. The van der Waals surface area contributed by atoms with Crippen molar-refractivity contribution in [1.82, 2.24) is 10.2 Å². The minimum absolute atomic E-state index is 0.0867. The first-order valence-corrected chi connectivity index (χ1v) is 11.1. The second-order valence-corrected chi connectivity index (χ2v) is 7.34. The predicted octanol–water partition coefficient (Wildman–Crippen LogP) is 4.40. The summed E-state index contributed by atoms with van der Waals surface area (Å²) in [5.41, 5.74) is 1.74. The summed E-state index contributed by atoms with van der Waals surface area (Å²) in [5.74, 6) is -0.298. The van der Waals surface area contributed by atoms with E-state index in [0.29, 0.717) is 32.4 Å². The van der Waals surface area contributed by atoms with Gasteiger partial charge in [0.25, 0.3) is 0 Å². The highest BCUT2D eigenvalue weighted by Crippen LogP contribution is 2.24. The van der Waals surface area contributed by atoms with Crippen LogP contribution in [0, 0.1) is 0 Å². The van der Waals surface area contributed by atoms with Gasteiger partial charge >= 0.3 is 6.16 Å². The highest BCUT2D eigenvalue weighted by molar-refractivity contribution is 5.88. The van der Waals surface area contributed by atoms with Gasteiger partial charge in [-0.05, 0) is 24.0 Å². The monoisotopic (exact) mass is 452 g/mol. The van der Waals surface area contributed by atoms with Crippen molar-refractivity contribution in [1.29, 1.82) is 0 Å². The Morgan fingerprint density at radius 2 is 1.67 bits per heavy atom. The zero-order valence-electron chi connectivity index (χ0n) is 19.2. The van der Waals surface area contributed by atoms with E-state index >= 15 is 0 Å². The summed E-state index contributed by atoms with van der Waals surface area (Å²) in [6, 6.07) is 18.3. The molecule has 0 aromatic heterocycles. The molecule has 0 heterocycles. The van der Waals surface area contributed by atoms with E-state index in [9.17, 15) is 14.4 Å². The van der Waals surface area contributed by atoms with Crippen LogP contribution in [-0.4, -0.2) is 43.1 Å². The Balaban J connectivity index is 2.03. The molecule has 2 amide bonds. The molecule has 2 rings (SSSR count). The fourth-order valence-corrected chi connectivity index (χ4v) is 3.30. The lowest BCUT2D eigenvalue weighted by atomic mass is 10.0. The van der Waals surface area contributed by atoms with Gasteiger partial charge in [0.05, 0.1) is 7.11 Å². The fraction of sp³-hybridized carbons (Fsp3) is 0.346. The van der Waals surface area contributed by atoms with Crippen molar-refractivity contribution in [3.8, 4) is 0 Å². The molecule has 7 nitrogen and oxygen atoms in total. The molecule has 0 radical (unpaired) electrons. The molecule has 7 heteroatoms. The van der Waals surface area contributed by atoms with Gasteiger partial charge in [-0.25, -0.2) is 4.79 Å². The molecule has 1 N–H and O–H groups in total. The van der Waals surface area contributed by atoms with Crippen molar-refractivity contribution in [3.05, 3.63) is 83.9 Å². The molecular weight excluding hydrogens is 420 g/mol. The minimum Gasteiger partial charge on any atom is -0.438 e. The van der Waals surface area contributed by atoms with E-state index in [1.165, 1.54) is 7.11 Å². The number of allylic oxidation sites excluding steroid dienone is 1. The highest BCUT2D eigenvalue weighted by Gasteiger charge is 2.30. The topological polar surface area (TPSA) is 84.9 Å². The maximum Gasteiger partial charge on any atom is 0.508 e. The summed E-state index contributed by atoms with van der Waals surface area (Å²) in [6.45, 7) is 2.76. The Labute approximate surface area is 195 Å². The number of carbonyl (C=O) groups is 3. The number of carbonyl (C=O) groups excluding carboxylic acids is 3. The van der Waals surface area contributed by atoms with E-state index < -0.39 is 12.2 Å². The summed E-state index contributed by atoms with van der Waals surface area (Å²) in [4.78, 5) is 38.7. The number of ether oxygens (including phenoxy) is 2. The van der Waals surface area contributed by atoms with E-state index in [2.05, 4.69) is 10.1 Å². The number of unbranched alkanes of at least 4 members (excludes halogenated alkanes) is 1. The fourth-order valence-electron chi connectivity index (χ4n) is 3.30. The Bertz CT molecular complexity index is 899. The molecule has 0 aliphatic heterocycles. The smallest absolute Gasteiger partial charge is 0.438 e. The molecular formula is C26H32N2O5. The van der Waals surface area contributed by atoms with Gasteiger partial charge in [-0.15, -0.1) is 0 Å². The quantitative estimate of drug-likeness (QED) is 0.293. The summed E-state index contributed by atoms with van der Waals surface area (Å²) in [5, 5.41) is 2.97. The van der Waals surface area contributed by atoms with E-state index in [-0.39, 0.29) is 18.4 Å². The molecule has 176 valence electrons. The van der Waals surface area contributed by atoms with Crippen LogP contribution < -0.4 is 5.32 Å². The van der Waals surface area contributed by atoms with Crippen molar-refractivity contribution in [2.45, 2.75) is 38.8 Å². The van der Waals surface area contributed by atoms with E-state index in [1.807, 2.05) is 66.7 Å². The second-order valence-electron chi connectivity index (χ2n) is 7.34. The number of nitrogens with one attached hydrogen (secondary N) is 1. The number of rotatable bonds is 12. The largest absolute Gasteiger partial charge is 0.508 e. The Morgan fingerprint density at radius 1 is 1.00 bits per heavy atom. The van der Waals surface area contributed by atoms with E-state index in [0.717, 1.165) is 11.1 Å². The molecule has 1 atom stereocenters. The van der Waals surface area contributed by atoms with Gasteiger partial charge in [-0.2, -0.15) is 0 Å². The first-order chi connectivity index (χ1) is 16.1. The second kappa shape index (κ2) is 14.5. The van der Waals surface area contributed by atoms with Gasteiger partial charge in [0.15, 0.2) is 0 Å². The Morgan fingerprint density at radius 3 is 2.30 bits per heavy atom. The van der Waals surface area contributed by atoms with Crippen molar-refractivity contribution in [3.63, 3.8) is 0 Å². The van der Waals surface area contributed by atoms with Crippen LogP contribution in [0.15, 0.2) is 72.8 Å². The number of amides is 2. The Hall–Kier alpha value is -3.61. The van der Waals surface area contributed by atoms with Gasteiger partial charge in [0.2, 0.25) is 11.8 Å². The first-order valence-electron chi connectivity index (χ1n) is 11.1. The predicted molar refractivity (Wildman–Crippen MR) is 126 cm³/mol. The maximum atomic E-state index is 13.2. The van der Waals surface area contributed by atoms with Crippen molar-refractivity contribution < 1.29 is 23.9 Å². The molecule has 2 aromatic rings. The van der Waals surface area contributed by atoms with Gasteiger partial charge in [0.1, 0.15) is 12.6 Å². The van der Waals surface area contributed by atoms with Crippen molar-refractivity contribution in [2.24, 2.45) is 0 Å². The maximum absolute atomic E-state index is 13.2. The van der Waals surface area contributed by atoms with E-state index in [4.69, 9.17) is 4.74 Å². The van der Waals surface area contributed by atoms with Crippen LogP contribution in [0.25, 0.3) is 0 Å². The van der Waals surface area contributed by atoms with E-state index in [1.54, 1.807) is 17.9 Å². The van der Waals surface area contributed by atoms with Gasteiger partial charge < -0.3 is 19.7 Å². The zero-order chi connectivity index (χ0) is 23.9. The van der Waals surface area contributed by atoms with Crippen molar-refractivity contribution in [2.75, 3.05) is 20.3 Å². The average Bonchev–Trinajstić information content (AvgIpc) is 2.85. The van der Waals surface area contributed by atoms with Gasteiger partial charge in [-0.3, -0.25) is 9.59 Å². The molecule has 1 unspecified atom stereocenters. The summed E-state index contributed by atoms with van der Waals surface area (Å²) in [7, 11) is 1.26. The SMILES string of the molecule is CCC(=O)N(Cc1ccccc1)C(C(=O)NCCC/C=C/COC(=O)OC)c1ccccc1. The molecule has 0 aliphatic rings. The first kappa shape index (κ1) is 25.6. The average molecular weight is 453 g/mol. The van der Waals surface area contributed by atoms with Crippen LogP contribution in [0.3, 0.4) is 0 Å². The third-order valence-electron chi connectivity index (χ3n) is 4.97. The van der Waals surface area contributed by atoms with Crippen LogP contribution >= 0.6 is 0 Å². The molecule has 33 heavy (non-hydrogen) atoms. The molecule has 0 aliphatic carbocycles. The van der Waals surface area contributed by atoms with Gasteiger partial charge in [-0.1, -0.05) is 79.7 Å². The number of hydrogen-bond donors (Lipinski definition) is 1. The Kier molecular flexibility index (Phi) is 11.2. The highest BCUT2D eigenvalue weighted by atomic mass is 16.7. The summed E-state index contributed by atoms with van der Waals surface area (Å²) in [6.07, 6.45) is 4.62. The number of nitrogens with zero attached hydrogens (tertiary/aromatic N) is 1. The minimum atomic E-state index is -0.722. The van der Waals surface area contributed by atoms with Crippen LogP contribution in [0.1, 0.15) is 43.4 Å². The van der Waals surface area contributed by atoms with Crippen molar-refractivity contribution >= 4 is 18.0 Å². The third kappa shape index (κ3) is 8.80. The summed E-state index contributed by atoms with van der Waals surface area (Å²) < 4.78 is 9.16. The summed E-state index contributed by atoms with van der Waals surface area (Å²) >= 11 is 0. The number of benzene rings is 2. The molecule has 0 spiro atoms. The van der Waals surface area contributed by atoms with Crippen LogP contribution in [0.4, 0.5) is 4.79 Å². The van der Waals surface area contributed by atoms with Crippen LogP contribution in [0.5, 0.6) is 0 Å². The van der Waals surface area contributed by atoms with Crippen LogP contribution in [0.2, 0.25) is 0 Å². The molecule has 0 saturated carbocycles. The zero-order valence-corrected chi connectivity index (χ0v) is 19.2. The third-order valence-corrected chi connectivity index (χ3v) is 4.97. The number of hydrogen-bond acceptors (Lipinski definition) is 5. The normalized spacial score (nSPS) is 11.6.